The van der Waals surface area contributed by atoms with Crippen molar-refractivity contribution in [2.75, 3.05) is 0 Å². The van der Waals surface area contributed by atoms with Gasteiger partial charge in [-0.05, 0) is 34.5 Å². The van der Waals surface area contributed by atoms with Gasteiger partial charge in [0.1, 0.15) is 0 Å². The van der Waals surface area contributed by atoms with Crippen molar-refractivity contribution >= 4 is 26.8 Å². The Hall–Kier alpha value is -1.09. The van der Waals surface area contributed by atoms with Crippen LogP contribution in [0.5, 0.6) is 5.88 Å². The number of aromatic nitrogens is 1. The van der Waals surface area contributed by atoms with Gasteiger partial charge in [-0.15, -0.1) is 0 Å². The lowest BCUT2D eigenvalue weighted by Gasteiger charge is -2.00. The second-order valence-corrected chi connectivity index (χ2v) is 4.84. The number of para-hydroxylation sites is 1. The molecule has 0 bridgehead atoms. The zero-order chi connectivity index (χ0) is 10.4. The molecule has 0 spiro atoms. The molecule has 1 aliphatic heterocycles. The van der Waals surface area contributed by atoms with Gasteiger partial charge in [0, 0.05) is 11.5 Å². The van der Waals surface area contributed by atoms with Crippen LogP contribution in [0.2, 0.25) is 0 Å². The number of nitrogens with zero attached hydrogens (tertiary/aromatic N) is 1. The summed E-state index contributed by atoms with van der Waals surface area (Å²) in [7, 11) is 0. The fraction of sp³-hybridized carbons (Fsp3) is 0.250. The number of alkyl halides is 1. The fourth-order valence-electron chi connectivity index (χ4n) is 2.10. The molecule has 0 saturated heterocycles. The van der Waals surface area contributed by atoms with Gasteiger partial charge < -0.3 is 4.74 Å². The maximum atomic E-state index is 5.68. The molecule has 0 amide bonds. The molecule has 0 fully saturated rings. The standard InChI is InChI=1S/C12H11BrNO/c1-8-6-12-14(7-11(13)15-12)10-5-3-2-4-9(8)10/h2-6,11H,7H2,1H3/q+1. The van der Waals surface area contributed by atoms with Crippen LogP contribution in [0, 0.1) is 6.92 Å². The fourth-order valence-corrected chi connectivity index (χ4v) is 2.58. The Bertz CT molecular complexity index is 538. The Kier molecular flexibility index (Phi) is 1.96. The van der Waals surface area contributed by atoms with Gasteiger partial charge in [-0.1, -0.05) is 12.1 Å². The number of rotatable bonds is 0. The van der Waals surface area contributed by atoms with E-state index >= 15 is 0 Å². The first-order valence-electron chi connectivity index (χ1n) is 4.98. The van der Waals surface area contributed by atoms with Crippen LogP contribution in [0.1, 0.15) is 5.56 Å². The lowest BCUT2D eigenvalue weighted by molar-refractivity contribution is -0.654. The molecular formula is C12H11BrNO+. The predicted molar refractivity (Wildman–Crippen MR) is 62.2 cm³/mol. The molecule has 2 aromatic rings. The summed E-state index contributed by atoms with van der Waals surface area (Å²) < 4.78 is 7.89. The summed E-state index contributed by atoms with van der Waals surface area (Å²) in [6.45, 7) is 2.99. The highest BCUT2D eigenvalue weighted by Gasteiger charge is 2.30. The molecule has 1 unspecified atom stereocenters. The number of benzene rings is 1. The zero-order valence-corrected chi connectivity index (χ0v) is 9.99. The van der Waals surface area contributed by atoms with Crippen molar-refractivity contribution in [3.8, 4) is 5.88 Å². The summed E-state index contributed by atoms with van der Waals surface area (Å²) >= 11 is 3.49. The highest BCUT2D eigenvalue weighted by Crippen LogP contribution is 2.25. The van der Waals surface area contributed by atoms with Crippen LogP contribution in [0.3, 0.4) is 0 Å². The largest absolute Gasteiger partial charge is 0.423 e. The van der Waals surface area contributed by atoms with E-state index in [0.717, 1.165) is 12.4 Å². The van der Waals surface area contributed by atoms with Gasteiger partial charge in [-0.3, -0.25) is 0 Å². The molecule has 1 aromatic heterocycles. The maximum Gasteiger partial charge on any atom is 0.370 e. The minimum Gasteiger partial charge on any atom is -0.423 e. The third kappa shape index (κ3) is 1.34. The zero-order valence-electron chi connectivity index (χ0n) is 8.40. The van der Waals surface area contributed by atoms with Crippen LogP contribution < -0.4 is 9.30 Å². The minimum atomic E-state index is 0.0997. The molecule has 0 radical (unpaired) electrons. The van der Waals surface area contributed by atoms with Crippen molar-refractivity contribution in [3.05, 3.63) is 35.9 Å². The first-order valence-corrected chi connectivity index (χ1v) is 5.90. The number of fused-ring (bicyclic) bond motifs is 3. The predicted octanol–water partition coefficient (Wildman–Crippen LogP) is 2.55. The van der Waals surface area contributed by atoms with Gasteiger partial charge >= 0.3 is 5.88 Å². The molecule has 76 valence electrons. The Balaban J connectivity index is 2.38. The number of hydrogen-bond acceptors (Lipinski definition) is 1. The van der Waals surface area contributed by atoms with Gasteiger partial charge in [0.25, 0.3) is 0 Å². The topological polar surface area (TPSA) is 13.1 Å². The van der Waals surface area contributed by atoms with Crippen LogP contribution in [-0.4, -0.2) is 5.01 Å². The lowest BCUT2D eigenvalue weighted by Crippen LogP contribution is -2.32. The van der Waals surface area contributed by atoms with Crippen molar-refractivity contribution in [2.45, 2.75) is 18.5 Å². The Morgan fingerprint density at radius 1 is 1.40 bits per heavy atom. The van der Waals surface area contributed by atoms with E-state index in [4.69, 9.17) is 4.74 Å². The molecule has 3 heteroatoms. The van der Waals surface area contributed by atoms with E-state index in [-0.39, 0.29) is 5.01 Å². The summed E-state index contributed by atoms with van der Waals surface area (Å²) in [5.74, 6) is 0.952. The number of aryl methyl sites for hydroxylation is 1. The van der Waals surface area contributed by atoms with Crippen molar-refractivity contribution in [1.82, 2.24) is 0 Å². The lowest BCUT2D eigenvalue weighted by atomic mass is 10.1. The first kappa shape index (κ1) is 9.16. The summed E-state index contributed by atoms with van der Waals surface area (Å²) in [4.78, 5) is 0. The van der Waals surface area contributed by atoms with Gasteiger partial charge in [0.2, 0.25) is 10.5 Å². The van der Waals surface area contributed by atoms with Gasteiger partial charge in [-0.25, -0.2) is 0 Å². The van der Waals surface area contributed by atoms with Crippen molar-refractivity contribution in [2.24, 2.45) is 0 Å². The third-order valence-electron chi connectivity index (χ3n) is 2.80. The van der Waals surface area contributed by atoms with E-state index in [1.807, 2.05) is 0 Å². The second kappa shape index (κ2) is 3.20. The molecule has 1 atom stereocenters. The number of halogens is 1. The van der Waals surface area contributed by atoms with Crippen molar-refractivity contribution < 1.29 is 9.30 Å². The molecule has 15 heavy (non-hydrogen) atoms. The highest BCUT2D eigenvalue weighted by atomic mass is 79.9. The average molecular weight is 265 g/mol. The Morgan fingerprint density at radius 2 is 2.20 bits per heavy atom. The van der Waals surface area contributed by atoms with Gasteiger partial charge in [-0.2, -0.15) is 4.57 Å². The number of hydrogen-bond donors (Lipinski definition) is 0. The number of ether oxygens (including phenoxy) is 1. The monoisotopic (exact) mass is 264 g/mol. The Morgan fingerprint density at radius 3 is 3.07 bits per heavy atom. The summed E-state index contributed by atoms with van der Waals surface area (Å²) in [5, 5.41) is 1.40. The van der Waals surface area contributed by atoms with Crippen LogP contribution in [-0.2, 0) is 6.54 Å². The summed E-state index contributed by atoms with van der Waals surface area (Å²) in [6, 6.07) is 10.5. The number of pyridine rings is 1. The molecule has 0 aliphatic carbocycles. The smallest absolute Gasteiger partial charge is 0.370 e. The second-order valence-electron chi connectivity index (χ2n) is 3.82. The first-order chi connectivity index (χ1) is 7.25. The normalized spacial score (nSPS) is 18.9. The van der Waals surface area contributed by atoms with E-state index in [9.17, 15) is 0 Å². The van der Waals surface area contributed by atoms with E-state index in [1.54, 1.807) is 0 Å². The maximum absolute atomic E-state index is 5.68. The van der Waals surface area contributed by atoms with Crippen molar-refractivity contribution in [1.29, 1.82) is 0 Å². The molecule has 1 aliphatic rings. The molecule has 1 aromatic carbocycles. The van der Waals surface area contributed by atoms with Crippen molar-refractivity contribution in [3.63, 3.8) is 0 Å². The molecule has 2 heterocycles. The van der Waals surface area contributed by atoms with E-state index in [0.29, 0.717) is 0 Å². The van der Waals surface area contributed by atoms with Crippen LogP contribution in [0.15, 0.2) is 30.3 Å². The van der Waals surface area contributed by atoms with Gasteiger partial charge in [0.15, 0.2) is 6.54 Å². The van der Waals surface area contributed by atoms with Crippen LogP contribution in [0.25, 0.3) is 10.9 Å². The highest BCUT2D eigenvalue weighted by molar-refractivity contribution is 9.09. The quantitative estimate of drug-likeness (QED) is 0.527. The summed E-state index contributed by atoms with van der Waals surface area (Å²) in [6.07, 6.45) is 0. The molecule has 2 nitrogen and oxygen atoms in total. The molecule has 3 rings (SSSR count). The Labute approximate surface area is 96.6 Å². The van der Waals surface area contributed by atoms with Gasteiger partial charge in [0.05, 0.1) is 6.07 Å². The van der Waals surface area contributed by atoms with E-state index < -0.39 is 0 Å². The average Bonchev–Trinajstić information content (AvgIpc) is 2.59. The summed E-state index contributed by atoms with van der Waals surface area (Å²) in [5.41, 5.74) is 2.51. The molecule has 0 N–H and O–H groups in total. The van der Waals surface area contributed by atoms with Crippen LogP contribution in [0.4, 0.5) is 0 Å². The van der Waals surface area contributed by atoms with Crippen LogP contribution >= 0.6 is 15.9 Å². The minimum absolute atomic E-state index is 0.0997. The third-order valence-corrected chi connectivity index (χ3v) is 3.28. The molecule has 0 saturated carbocycles. The SMILES string of the molecule is Cc1cc2[n+](c3ccccc13)CC(Br)O2. The van der Waals surface area contributed by atoms with E-state index in [1.165, 1.54) is 16.5 Å². The molecular weight excluding hydrogens is 254 g/mol. The van der Waals surface area contributed by atoms with E-state index in [2.05, 4.69) is 57.8 Å².